The quantitative estimate of drug-likeness (QED) is 0.255. The Labute approximate surface area is 210 Å². The molecule has 0 saturated carbocycles. The van der Waals surface area contributed by atoms with Crippen LogP contribution in [0.15, 0.2) is 77.3 Å². The Morgan fingerprint density at radius 3 is 2.91 bits per heavy atom. The van der Waals surface area contributed by atoms with Crippen LogP contribution in [0.5, 0.6) is 0 Å². The summed E-state index contributed by atoms with van der Waals surface area (Å²) in [7, 11) is 0. The van der Waals surface area contributed by atoms with Crippen molar-refractivity contribution in [3.05, 3.63) is 93.6 Å². The van der Waals surface area contributed by atoms with Crippen molar-refractivity contribution in [1.82, 2.24) is 26.4 Å². The van der Waals surface area contributed by atoms with Crippen molar-refractivity contribution in [3.63, 3.8) is 0 Å². The molecule has 35 heavy (non-hydrogen) atoms. The van der Waals surface area contributed by atoms with E-state index in [4.69, 9.17) is 11.6 Å². The van der Waals surface area contributed by atoms with Crippen LogP contribution < -0.4 is 27.0 Å². The Bertz CT molecular complexity index is 1370. The number of halogens is 2. The number of thiazole rings is 1. The van der Waals surface area contributed by atoms with Gasteiger partial charge in [-0.25, -0.2) is 9.37 Å². The second kappa shape index (κ2) is 11.0. The Morgan fingerprint density at radius 1 is 1.37 bits per heavy atom. The number of hydrogen-bond donors (Lipinski definition) is 5. The van der Waals surface area contributed by atoms with Crippen LogP contribution >= 0.6 is 22.9 Å². The Kier molecular flexibility index (Phi) is 7.62. The van der Waals surface area contributed by atoms with Crippen molar-refractivity contribution in [2.24, 2.45) is 0 Å². The molecule has 5 N–H and O–H groups in total. The lowest BCUT2D eigenvalue weighted by Gasteiger charge is -2.22. The predicted molar refractivity (Wildman–Crippen MR) is 139 cm³/mol. The van der Waals surface area contributed by atoms with Crippen LogP contribution in [0, 0.1) is 11.3 Å². The number of pyridine rings is 1. The second-order valence-corrected chi connectivity index (χ2v) is 8.63. The summed E-state index contributed by atoms with van der Waals surface area (Å²) in [5, 5.41) is 19.4. The van der Waals surface area contributed by atoms with Crippen LogP contribution in [0.3, 0.4) is 0 Å². The molecule has 8 nitrogen and oxygen atoms in total. The molecule has 0 unspecified atom stereocenters. The fourth-order valence-electron chi connectivity index (χ4n) is 3.45. The van der Waals surface area contributed by atoms with Gasteiger partial charge in [0.05, 0.1) is 51.3 Å². The Hall–Kier alpha value is -3.91. The molecule has 0 radical (unpaired) electrons. The zero-order valence-electron chi connectivity index (χ0n) is 18.7. The van der Waals surface area contributed by atoms with Gasteiger partial charge in [0, 0.05) is 28.9 Å². The first-order chi connectivity index (χ1) is 17.0. The van der Waals surface area contributed by atoms with Gasteiger partial charge in [0.2, 0.25) is 0 Å². The van der Waals surface area contributed by atoms with E-state index in [-0.39, 0.29) is 5.83 Å². The maximum Gasteiger partial charge on any atom is 0.118 e. The molecule has 2 aromatic heterocycles. The van der Waals surface area contributed by atoms with E-state index in [9.17, 15) is 9.65 Å². The molecule has 1 atom stereocenters. The summed E-state index contributed by atoms with van der Waals surface area (Å²) in [6.45, 7) is 6.17. The third-order valence-electron chi connectivity index (χ3n) is 5.21. The van der Waals surface area contributed by atoms with Crippen LogP contribution in [-0.2, 0) is 6.54 Å². The molecule has 3 heterocycles. The summed E-state index contributed by atoms with van der Waals surface area (Å²) in [5.41, 5.74) is 14.8. The van der Waals surface area contributed by atoms with Gasteiger partial charge in [-0.1, -0.05) is 30.3 Å². The minimum atomic E-state index is -0.439. The van der Waals surface area contributed by atoms with Gasteiger partial charge in [0.15, 0.2) is 0 Å². The number of allylic oxidation sites excluding steroid dienone is 3. The van der Waals surface area contributed by atoms with Crippen molar-refractivity contribution >= 4 is 45.2 Å². The summed E-state index contributed by atoms with van der Waals surface area (Å²) in [6.07, 6.45) is 7.56. The van der Waals surface area contributed by atoms with E-state index in [1.165, 1.54) is 29.7 Å². The highest BCUT2D eigenvalue weighted by atomic mass is 35.5. The largest absolute Gasteiger partial charge is 0.378 e. The van der Waals surface area contributed by atoms with Crippen LogP contribution in [0.4, 0.5) is 15.8 Å². The monoisotopic (exact) mass is 508 g/mol. The summed E-state index contributed by atoms with van der Waals surface area (Å²) in [4.78, 5) is 8.68. The fourth-order valence-corrected chi connectivity index (χ4v) is 4.28. The molecule has 178 valence electrons. The Balaban J connectivity index is 1.71. The number of rotatable bonds is 9. The molecule has 0 bridgehead atoms. The number of hydrazine groups is 2. The van der Waals surface area contributed by atoms with Crippen LogP contribution in [-0.4, -0.2) is 16.0 Å². The van der Waals surface area contributed by atoms with E-state index < -0.39 is 6.04 Å². The lowest BCUT2D eigenvalue weighted by Crippen LogP contribution is -2.37. The third-order valence-corrected chi connectivity index (χ3v) is 6.13. The van der Waals surface area contributed by atoms with Crippen LogP contribution in [0.2, 0.25) is 5.02 Å². The van der Waals surface area contributed by atoms with Gasteiger partial charge in [0.25, 0.3) is 0 Å². The molecular formula is C24H22ClFN8S. The number of benzene rings is 1. The highest BCUT2D eigenvalue weighted by molar-refractivity contribution is 7.07. The molecule has 3 aromatic rings. The van der Waals surface area contributed by atoms with Gasteiger partial charge < -0.3 is 21.5 Å². The first-order valence-corrected chi connectivity index (χ1v) is 11.9. The minimum Gasteiger partial charge on any atom is -0.378 e. The number of anilines is 2. The molecule has 0 saturated heterocycles. The van der Waals surface area contributed by atoms with Crippen molar-refractivity contribution in [2.75, 3.05) is 10.6 Å². The summed E-state index contributed by atoms with van der Waals surface area (Å²) >= 11 is 8.10. The fraction of sp³-hybridized carbons (Fsp3) is 0.125. The molecule has 1 aliphatic heterocycles. The van der Waals surface area contributed by atoms with Gasteiger partial charge in [-0.2, -0.15) is 10.8 Å². The molecule has 0 amide bonds. The highest BCUT2D eigenvalue weighted by Crippen LogP contribution is 2.34. The number of nitrogens with one attached hydrogen (secondary N) is 5. The average Bonchev–Trinajstić information content (AvgIpc) is 3.58. The first kappa shape index (κ1) is 24.2. The van der Waals surface area contributed by atoms with E-state index in [2.05, 4.69) is 49.6 Å². The number of nitrogens with zero attached hydrogens (tertiary/aromatic N) is 3. The summed E-state index contributed by atoms with van der Waals surface area (Å²) in [5.74, 6) is -0.366. The summed E-state index contributed by atoms with van der Waals surface area (Å²) < 4.78 is 13.7. The van der Waals surface area contributed by atoms with Gasteiger partial charge in [0.1, 0.15) is 11.9 Å². The van der Waals surface area contributed by atoms with Crippen LogP contribution in [0.25, 0.3) is 10.9 Å². The summed E-state index contributed by atoms with van der Waals surface area (Å²) in [6, 6.07) is 5.36. The molecule has 1 aliphatic rings. The van der Waals surface area contributed by atoms with Gasteiger partial charge in [-0.05, 0) is 30.7 Å². The number of nitriles is 1. The normalized spacial score (nSPS) is 14.2. The lowest BCUT2D eigenvalue weighted by molar-refractivity contribution is 0.589. The molecular weight excluding hydrogens is 487 g/mol. The molecule has 11 heteroatoms. The van der Waals surface area contributed by atoms with E-state index in [1.54, 1.807) is 30.8 Å². The van der Waals surface area contributed by atoms with Gasteiger partial charge >= 0.3 is 0 Å². The van der Waals surface area contributed by atoms with E-state index >= 15 is 0 Å². The van der Waals surface area contributed by atoms with Gasteiger partial charge in [-0.3, -0.25) is 4.98 Å². The van der Waals surface area contributed by atoms with Crippen molar-refractivity contribution in [2.45, 2.75) is 19.5 Å². The SMILES string of the molecule is C=C(/C=C\C(F)=C/C)[C@H](Nc1cc(Cl)c2ncc(C#N)c(NCc3cscn3)c2c1)C1=CNNN1. The minimum absolute atomic E-state index is 0.366. The standard InChI is InChI=1S/C24H22ClFN8S/c1-3-16(26)5-4-14(2)22(21-11-31-34-33-21)32-17-6-19-23(29-10-18-12-35-13-30-18)15(8-27)9-28-24(19)20(25)7-17/h3-7,9,11-13,22,31-34H,2,10H2,1H3,(H,28,29)/b5-4-,16-3+/t22-/m0/s1. The zero-order chi connectivity index (χ0) is 24.8. The highest BCUT2D eigenvalue weighted by Gasteiger charge is 2.21. The van der Waals surface area contributed by atoms with Gasteiger partial charge in [-0.15, -0.1) is 11.3 Å². The predicted octanol–water partition coefficient (Wildman–Crippen LogP) is 5.05. The van der Waals surface area contributed by atoms with Crippen molar-refractivity contribution in [1.29, 1.82) is 5.26 Å². The smallest absolute Gasteiger partial charge is 0.118 e. The molecule has 0 fully saturated rings. The molecule has 4 rings (SSSR count). The Morgan fingerprint density at radius 2 is 2.23 bits per heavy atom. The van der Waals surface area contributed by atoms with E-state index in [0.717, 1.165) is 11.4 Å². The van der Waals surface area contributed by atoms with Crippen molar-refractivity contribution in [3.8, 4) is 6.07 Å². The molecule has 1 aromatic carbocycles. The lowest BCUT2D eigenvalue weighted by atomic mass is 10.0. The number of hydrogen-bond acceptors (Lipinski definition) is 9. The zero-order valence-corrected chi connectivity index (χ0v) is 20.3. The second-order valence-electron chi connectivity index (χ2n) is 7.50. The number of fused-ring (bicyclic) bond motifs is 1. The van der Waals surface area contributed by atoms with E-state index in [1.807, 2.05) is 11.4 Å². The topological polar surface area (TPSA) is 110 Å². The average molecular weight is 509 g/mol. The maximum atomic E-state index is 13.7. The molecule has 0 spiro atoms. The third kappa shape index (κ3) is 5.60. The van der Waals surface area contributed by atoms with Crippen LogP contribution in [0.1, 0.15) is 18.2 Å². The number of aromatic nitrogens is 2. The maximum absolute atomic E-state index is 13.7. The van der Waals surface area contributed by atoms with Crippen molar-refractivity contribution < 1.29 is 4.39 Å². The first-order valence-electron chi connectivity index (χ1n) is 10.5. The van der Waals surface area contributed by atoms with E-state index in [0.29, 0.717) is 45.0 Å². The molecule has 0 aliphatic carbocycles.